The molecule has 4 heteroatoms. The lowest BCUT2D eigenvalue weighted by molar-refractivity contribution is 0.157. The van der Waals surface area contributed by atoms with E-state index in [0.717, 1.165) is 6.07 Å². The summed E-state index contributed by atoms with van der Waals surface area (Å²) in [6.07, 6.45) is -0.572. The Balaban J connectivity index is 2.57. The Labute approximate surface area is 74.0 Å². The standard InChI is InChI=1S/C9H9F2NO/c10-5-1-4-2-7(13)9(12)8(4)6(11)3-5/h1,3,7,9,13H,2,12H2/t7-,9-/m0/s1. The summed E-state index contributed by atoms with van der Waals surface area (Å²) in [5.74, 6) is -1.29. The summed E-state index contributed by atoms with van der Waals surface area (Å²) in [7, 11) is 0. The molecule has 0 spiro atoms. The number of benzene rings is 1. The molecule has 2 atom stereocenters. The van der Waals surface area contributed by atoms with Gasteiger partial charge in [0.1, 0.15) is 11.6 Å². The van der Waals surface area contributed by atoms with Crippen LogP contribution in [0, 0.1) is 11.6 Å². The normalized spacial score (nSPS) is 26.2. The predicted octanol–water partition coefficient (Wildman–Crippen LogP) is 0.882. The van der Waals surface area contributed by atoms with E-state index < -0.39 is 23.8 Å². The van der Waals surface area contributed by atoms with Crippen molar-refractivity contribution in [2.45, 2.75) is 18.6 Å². The van der Waals surface area contributed by atoms with Crippen molar-refractivity contribution in [2.24, 2.45) is 5.73 Å². The average molecular weight is 185 g/mol. The second kappa shape index (κ2) is 2.75. The van der Waals surface area contributed by atoms with Crippen LogP contribution in [0.2, 0.25) is 0 Å². The Morgan fingerprint density at radius 1 is 1.38 bits per heavy atom. The van der Waals surface area contributed by atoms with Gasteiger partial charge in [0.15, 0.2) is 0 Å². The molecule has 1 aliphatic rings. The lowest BCUT2D eigenvalue weighted by atomic mass is 10.1. The molecule has 2 rings (SSSR count). The van der Waals surface area contributed by atoms with Crippen LogP contribution in [-0.2, 0) is 6.42 Å². The van der Waals surface area contributed by atoms with Crippen LogP contribution in [0.3, 0.4) is 0 Å². The van der Waals surface area contributed by atoms with Crippen molar-refractivity contribution in [3.05, 3.63) is 34.9 Å². The molecule has 0 bridgehead atoms. The van der Waals surface area contributed by atoms with Crippen molar-refractivity contribution in [2.75, 3.05) is 0 Å². The molecular weight excluding hydrogens is 176 g/mol. The molecule has 0 aromatic heterocycles. The minimum absolute atomic E-state index is 0.227. The maximum Gasteiger partial charge on any atom is 0.131 e. The molecule has 0 aliphatic heterocycles. The summed E-state index contributed by atoms with van der Waals surface area (Å²) in [6, 6.07) is 1.28. The smallest absolute Gasteiger partial charge is 0.131 e. The first-order valence-electron chi connectivity index (χ1n) is 4.01. The van der Waals surface area contributed by atoms with Gasteiger partial charge < -0.3 is 10.8 Å². The van der Waals surface area contributed by atoms with Crippen molar-refractivity contribution in [3.8, 4) is 0 Å². The van der Waals surface area contributed by atoms with Gasteiger partial charge in [0.25, 0.3) is 0 Å². The molecule has 0 amide bonds. The van der Waals surface area contributed by atoms with Crippen LogP contribution in [-0.4, -0.2) is 11.2 Å². The van der Waals surface area contributed by atoms with Crippen LogP contribution in [0.1, 0.15) is 17.2 Å². The van der Waals surface area contributed by atoms with Gasteiger partial charge in [-0.15, -0.1) is 0 Å². The number of halogens is 2. The van der Waals surface area contributed by atoms with Gasteiger partial charge in [0.2, 0.25) is 0 Å². The molecule has 70 valence electrons. The Morgan fingerprint density at radius 3 is 2.77 bits per heavy atom. The summed E-state index contributed by atoms with van der Waals surface area (Å²) < 4.78 is 25.9. The van der Waals surface area contributed by atoms with Gasteiger partial charge in [0.05, 0.1) is 12.1 Å². The zero-order valence-corrected chi connectivity index (χ0v) is 6.80. The summed E-state index contributed by atoms with van der Waals surface area (Å²) in [6.45, 7) is 0. The number of rotatable bonds is 0. The molecule has 0 saturated heterocycles. The molecular formula is C9H9F2NO. The number of hydrogen-bond acceptors (Lipinski definition) is 2. The second-order valence-corrected chi connectivity index (χ2v) is 3.26. The SMILES string of the molecule is N[C@@H]1c2c(F)cc(F)cc2C[C@@H]1O. The van der Waals surface area contributed by atoms with Crippen molar-refractivity contribution in [3.63, 3.8) is 0 Å². The monoisotopic (exact) mass is 185 g/mol. The molecule has 13 heavy (non-hydrogen) atoms. The fourth-order valence-corrected chi connectivity index (χ4v) is 1.72. The minimum atomic E-state index is -0.800. The Hall–Kier alpha value is -1.00. The molecule has 0 fully saturated rings. The van der Waals surface area contributed by atoms with Crippen LogP contribution < -0.4 is 5.73 Å². The van der Waals surface area contributed by atoms with E-state index in [4.69, 9.17) is 5.73 Å². The highest BCUT2D eigenvalue weighted by atomic mass is 19.1. The van der Waals surface area contributed by atoms with Gasteiger partial charge in [-0.25, -0.2) is 8.78 Å². The summed E-state index contributed by atoms with van der Waals surface area (Å²) in [5.41, 5.74) is 6.24. The Bertz CT molecular complexity index is 354. The first-order valence-corrected chi connectivity index (χ1v) is 4.01. The fourth-order valence-electron chi connectivity index (χ4n) is 1.72. The van der Waals surface area contributed by atoms with Gasteiger partial charge >= 0.3 is 0 Å². The van der Waals surface area contributed by atoms with Crippen molar-refractivity contribution in [1.82, 2.24) is 0 Å². The zero-order valence-electron chi connectivity index (χ0n) is 6.80. The summed E-state index contributed by atoms with van der Waals surface area (Å²) in [5, 5.41) is 9.32. The summed E-state index contributed by atoms with van der Waals surface area (Å²) in [4.78, 5) is 0. The predicted molar refractivity (Wildman–Crippen MR) is 43.0 cm³/mol. The molecule has 0 radical (unpaired) electrons. The first kappa shape index (κ1) is 8.59. The number of fused-ring (bicyclic) bond motifs is 1. The van der Waals surface area contributed by atoms with Crippen LogP contribution in [0.25, 0.3) is 0 Å². The molecule has 1 aliphatic carbocycles. The van der Waals surface area contributed by atoms with E-state index in [-0.39, 0.29) is 12.0 Å². The van der Waals surface area contributed by atoms with Crippen LogP contribution in [0.4, 0.5) is 8.78 Å². The third kappa shape index (κ3) is 1.22. The Morgan fingerprint density at radius 2 is 2.08 bits per heavy atom. The maximum atomic E-state index is 13.1. The van der Waals surface area contributed by atoms with Gasteiger partial charge in [-0.05, 0) is 11.6 Å². The van der Waals surface area contributed by atoms with E-state index in [1.807, 2.05) is 0 Å². The average Bonchev–Trinajstić information content (AvgIpc) is 2.27. The van der Waals surface area contributed by atoms with Gasteiger partial charge in [0, 0.05) is 18.1 Å². The molecule has 0 heterocycles. The van der Waals surface area contributed by atoms with Gasteiger partial charge in [-0.2, -0.15) is 0 Å². The maximum absolute atomic E-state index is 13.1. The lowest BCUT2D eigenvalue weighted by Gasteiger charge is -2.09. The van der Waals surface area contributed by atoms with E-state index in [9.17, 15) is 13.9 Å². The van der Waals surface area contributed by atoms with Crippen LogP contribution >= 0.6 is 0 Å². The molecule has 2 nitrogen and oxygen atoms in total. The third-order valence-corrected chi connectivity index (χ3v) is 2.36. The highest BCUT2D eigenvalue weighted by Gasteiger charge is 2.31. The van der Waals surface area contributed by atoms with E-state index in [1.54, 1.807) is 0 Å². The van der Waals surface area contributed by atoms with Gasteiger partial charge in [-0.3, -0.25) is 0 Å². The van der Waals surface area contributed by atoms with Crippen molar-refractivity contribution < 1.29 is 13.9 Å². The number of aliphatic hydroxyl groups excluding tert-OH is 1. The third-order valence-electron chi connectivity index (χ3n) is 2.36. The molecule has 0 unspecified atom stereocenters. The van der Waals surface area contributed by atoms with Crippen LogP contribution in [0.15, 0.2) is 12.1 Å². The Kier molecular flexibility index (Phi) is 1.82. The second-order valence-electron chi connectivity index (χ2n) is 3.26. The van der Waals surface area contributed by atoms with Crippen molar-refractivity contribution >= 4 is 0 Å². The largest absolute Gasteiger partial charge is 0.391 e. The number of aliphatic hydroxyl groups is 1. The highest BCUT2D eigenvalue weighted by molar-refractivity contribution is 5.37. The minimum Gasteiger partial charge on any atom is -0.391 e. The molecule has 1 aromatic carbocycles. The quantitative estimate of drug-likeness (QED) is 0.630. The number of hydrogen-bond donors (Lipinski definition) is 2. The lowest BCUT2D eigenvalue weighted by Crippen LogP contribution is -2.21. The zero-order chi connectivity index (χ0) is 9.59. The first-order chi connectivity index (χ1) is 6.09. The van der Waals surface area contributed by atoms with Crippen molar-refractivity contribution in [1.29, 1.82) is 0 Å². The highest BCUT2D eigenvalue weighted by Crippen LogP contribution is 2.32. The fraction of sp³-hybridized carbons (Fsp3) is 0.333. The van der Waals surface area contributed by atoms with E-state index in [0.29, 0.717) is 5.56 Å². The van der Waals surface area contributed by atoms with Crippen LogP contribution in [0.5, 0.6) is 0 Å². The molecule has 0 saturated carbocycles. The van der Waals surface area contributed by atoms with E-state index in [2.05, 4.69) is 0 Å². The molecule has 3 N–H and O–H groups in total. The van der Waals surface area contributed by atoms with E-state index >= 15 is 0 Å². The van der Waals surface area contributed by atoms with Gasteiger partial charge in [-0.1, -0.05) is 0 Å². The summed E-state index contributed by atoms with van der Waals surface area (Å²) >= 11 is 0. The molecule has 1 aromatic rings. The van der Waals surface area contributed by atoms with E-state index in [1.165, 1.54) is 6.07 Å². The topological polar surface area (TPSA) is 46.2 Å². The number of nitrogens with two attached hydrogens (primary N) is 1.